The predicted octanol–water partition coefficient (Wildman–Crippen LogP) is 5.14. The number of para-hydroxylation sites is 1. The normalized spacial score (nSPS) is 14.6. The summed E-state index contributed by atoms with van der Waals surface area (Å²) in [6, 6.07) is 22.5. The first-order valence-electron chi connectivity index (χ1n) is 12.7. The van der Waals surface area contributed by atoms with Crippen LogP contribution >= 0.6 is 0 Å². The molecule has 2 atom stereocenters. The van der Waals surface area contributed by atoms with E-state index in [0.717, 1.165) is 0 Å². The summed E-state index contributed by atoms with van der Waals surface area (Å²) in [6.45, 7) is 1.75. The van der Waals surface area contributed by atoms with Crippen molar-refractivity contribution in [3.05, 3.63) is 101 Å². The lowest BCUT2D eigenvalue weighted by Crippen LogP contribution is -2.45. The van der Waals surface area contributed by atoms with Gasteiger partial charge < -0.3 is 16.4 Å². The Bertz CT molecular complexity index is 1380. The number of primary amides is 1. The van der Waals surface area contributed by atoms with Crippen LogP contribution in [-0.4, -0.2) is 35.8 Å². The van der Waals surface area contributed by atoms with Gasteiger partial charge in [-0.15, -0.1) is 12.8 Å². The van der Waals surface area contributed by atoms with Crippen LogP contribution < -0.4 is 16.4 Å². The van der Waals surface area contributed by atoms with Crippen molar-refractivity contribution in [2.24, 2.45) is 16.6 Å². The van der Waals surface area contributed by atoms with Crippen LogP contribution in [0.4, 0.5) is 23.2 Å². The molecule has 0 saturated heterocycles. The summed E-state index contributed by atoms with van der Waals surface area (Å²) in [6.07, 6.45) is -0.655. The zero-order chi connectivity index (χ0) is 31.3. The van der Waals surface area contributed by atoms with E-state index < -0.39 is 61.1 Å². The summed E-state index contributed by atoms with van der Waals surface area (Å²) in [5.41, 5.74) is 7.47. The third-order valence-electron chi connectivity index (χ3n) is 5.94. The molecule has 0 aliphatic carbocycles. The number of hydrogen-bond acceptors (Lipinski definition) is 4. The summed E-state index contributed by atoms with van der Waals surface area (Å²) in [7, 11) is 0. The number of aliphatic imine (C=N–C) groups is 1. The number of nitrogens with one attached hydrogen (secondary N) is 2. The molecule has 1 aliphatic rings. The Balaban J connectivity index is 0.000000672. The number of nitrogens with two attached hydrogens (primary N) is 1. The highest BCUT2D eigenvalue weighted by Gasteiger charge is 2.34. The van der Waals surface area contributed by atoms with Crippen molar-refractivity contribution in [3.8, 4) is 12.8 Å². The van der Waals surface area contributed by atoms with Crippen molar-refractivity contribution in [2.75, 3.05) is 5.32 Å². The van der Waals surface area contributed by atoms with E-state index in [1.54, 1.807) is 25.1 Å². The average Bonchev–Trinajstić information content (AvgIpc) is 3.10. The maximum Gasteiger partial charge on any atom is 0.389 e. The fourth-order valence-electron chi connectivity index (χ4n) is 3.96. The van der Waals surface area contributed by atoms with Crippen LogP contribution in [0.15, 0.2) is 83.9 Å². The summed E-state index contributed by atoms with van der Waals surface area (Å²) < 4.78 is 51.5. The van der Waals surface area contributed by atoms with Gasteiger partial charge in [0.1, 0.15) is 5.82 Å². The second-order valence-corrected chi connectivity index (χ2v) is 9.06. The molecular formula is C31H30F4N4O3. The van der Waals surface area contributed by atoms with Gasteiger partial charge in [-0.2, -0.15) is 13.2 Å². The van der Waals surface area contributed by atoms with Crippen LogP contribution in [0.1, 0.15) is 36.0 Å². The molecule has 0 fully saturated rings. The first kappa shape index (κ1) is 33.2. The molecule has 0 aromatic heterocycles. The lowest BCUT2D eigenvalue weighted by molar-refractivity contribution is -0.143. The number of carbonyl (C=O) groups excluding carboxylic acids is 3. The number of anilines is 1. The van der Waals surface area contributed by atoms with E-state index in [4.69, 9.17) is 5.73 Å². The molecule has 1 aliphatic heterocycles. The first-order valence-corrected chi connectivity index (χ1v) is 12.7. The largest absolute Gasteiger partial charge is 0.389 e. The van der Waals surface area contributed by atoms with E-state index in [2.05, 4.69) is 28.5 Å². The average molecular weight is 583 g/mol. The molecule has 4 rings (SSSR count). The highest BCUT2D eigenvalue weighted by Crippen LogP contribution is 2.28. The van der Waals surface area contributed by atoms with E-state index in [1.165, 1.54) is 24.3 Å². The lowest BCUT2D eigenvalue weighted by Gasteiger charge is -2.19. The van der Waals surface area contributed by atoms with Crippen LogP contribution in [0.3, 0.4) is 0 Å². The Morgan fingerprint density at radius 2 is 1.57 bits per heavy atom. The Kier molecular flexibility index (Phi) is 12.4. The molecule has 1 heterocycles. The number of benzodiazepines with no additional fused rings is 1. The van der Waals surface area contributed by atoms with E-state index in [1.807, 2.05) is 36.4 Å². The SMILES string of the molecule is C#C.Cc1cccc2c1NC(=O)[C@@H](NC(=O)[C@H](CCC(F)(F)F)CC(N)=O)N=C2c1ccc(F)cc1.c1ccccc1. The number of benzene rings is 3. The highest BCUT2D eigenvalue weighted by molar-refractivity contribution is 6.20. The van der Waals surface area contributed by atoms with Gasteiger partial charge in [-0.3, -0.25) is 14.4 Å². The number of nitrogens with zero attached hydrogens (tertiary/aromatic N) is 1. The minimum Gasteiger partial charge on any atom is -0.370 e. The van der Waals surface area contributed by atoms with Gasteiger partial charge in [0.2, 0.25) is 18.0 Å². The molecule has 0 unspecified atom stereocenters. The zero-order valence-corrected chi connectivity index (χ0v) is 22.7. The van der Waals surface area contributed by atoms with Gasteiger partial charge in [-0.25, -0.2) is 9.38 Å². The number of fused-ring (bicyclic) bond motifs is 1. The molecule has 42 heavy (non-hydrogen) atoms. The Morgan fingerprint density at radius 3 is 2.10 bits per heavy atom. The highest BCUT2D eigenvalue weighted by atomic mass is 19.4. The zero-order valence-electron chi connectivity index (χ0n) is 22.7. The number of rotatable bonds is 7. The Hall–Kier alpha value is -4.98. The Labute approximate surface area is 241 Å². The summed E-state index contributed by atoms with van der Waals surface area (Å²) >= 11 is 0. The molecule has 4 N–H and O–H groups in total. The monoisotopic (exact) mass is 582 g/mol. The second-order valence-electron chi connectivity index (χ2n) is 9.06. The number of terminal acetylenes is 1. The molecule has 0 spiro atoms. The van der Waals surface area contributed by atoms with Crippen molar-refractivity contribution in [2.45, 2.75) is 38.5 Å². The number of amides is 3. The number of carbonyl (C=O) groups is 3. The van der Waals surface area contributed by atoms with Gasteiger partial charge in [0.15, 0.2) is 0 Å². The van der Waals surface area contributed by atoms with Crippen molar-refractivity contribution in [1.29, 1.82) is 0 Å². The van der Waals surface area contributed by atoms with Gasteiger partial charge >= 0.3 is 6.18 Å². The number of aryl methyl sites for hydroxylation is 1. The van der Waals surface area contributed by atoms with E-state index in [0.29, 0.717) is 22.4 Å². The lowest BCUT2D eigenvalue weighted by atomic mass is 9.97. The molecule has 0 radical (unpaired) electrons. The summed E-state index contributed by atoms with van der Waals surface area (Å²) in [4.78, 5) is 41.3. The third kappa shape index (κ3) is 10.2. The van der Waals surface area contributed by atoms with Crippen LogP contribution in [0, 0.1) is 31.5 Å². The van der Waals surface area contributed by atoms with Crippen molar-refractivity contribution >= 4 is 29.1 Å². The predicted molar refractivity (Wildman–Crippen MR) is 153 cm³/mol. The number of alkyl halides is 3. The van der Waals surface area contributed by atoms with E-state index in [9.17, 15) is 31.9 Å². The quantitative estimate of drug-likeness (QED) is 0.265. The van der Waals surface area contributed by atoms with Crippen molar-refractivity contribution in [3.63, 3.8) is 0 Å². The van der Waals surface area contributed by atoms with E-state index >= 15 is 0 Å². The molecule has 3 amide bonds. The Morgan fingerprint density at radius 1 is 1.00 bits per heavy atom. The maximum absolute atomic E-state index is 13.5. The molecule has 0 saturated carbocycles. The topological polar surface area (TPSA) is 114 Å². The van der Waals surface area contributed by atoms with Gasteiger partial charge in [-0.1, -0.05) is 54.6 Å². The van der Waals surface area contributed by atoms with E-state index in [-0.39, 0.29) is 5.71 Å². The summed E-state index contributed by atoms with van der Waals surface area (Å²) in [5.74, 6) is -4.53. The van der Waals surface area contributed by atoms with Crippen LogP contribution in [0.5, 0.6) is 0 Å². The minimum atomic E-state index is -4.54. The fourth-order valence-corrected chi connectivity index (χ4v) is 3.96. The molecule has 3 aromatic carbocycles. The van der Waals surface area contributed by atoms with Crippen molar-refractivity contribution in [1.82, 2.24) is 5.32 Å². The summed E-state index contributed by atoms with van der Waals surface area (Å²) in [5, 5.41) is 5.01. The minimum absolute atomic E-state index is 0.268. The smallest absolute Gasteiger partial charge is 0.370 e. The van der Waals surface area contributed by atoms with Gasteiger partial charge in [0.25, 0.3) is 5.91 Å². The van der Waals surface area contributed by atoms with Crippen LogP contribution in [0.25, 0.3) is 0 Å². The first-order chi connectivity index (χ1) is 19.9. The van der Waals surface area contributed by atoms with Crippen LogP contribution in [-0.2, 0) is 14.4 Å². The second kappa shape index (κ2) is 15.7. The molecular weight excluding hydrogens is 552 g/mol. The van der Waals surface area contributed by atoms with Gasteiger partial charge in [0, 0.05) is 29.9 Å². The van der Waals surface area contributed by atoms with Crippen LogP contribution in [0.2, 0.25) is 0 Å². The maximum atomic E-state index is 13.5. The van der Waals surface area contributed by atoms with Crippen molar-refractivity contribution < 1.29 is 31.9 Å². The molecule has 7 nitrogen and oxygen atoms in total. The fraction of sp³-hybridized carbons (Fsp3) is 0.226. The molecule has 0 bridgehead atoms. The number of hydrogen-bond donors (Lipinski definition) is 3. The molecule has 11 heteroatoms. The number of halogens is 4. The van der Waals surface area contributed by atoms with Gasteiger partial charge in [-0.05, 0) is 43.2 Å². The van der Waals surface area contributed by atoms with Gasteiger partial charge in [0.05, 0.1) is 11.4 Å². The standard InChI is InChI=1S/C23H22F4N4O3.C6H6.C2H2/c1-12-3-2-4-16-18(12)30-22(34)20(29-19(16)13-5-7-15(24)8-6-13)31-21(33)14(11-17(28)32)9-10-23(25,26)27;1-2-4-6-5-3-1;1-2/h2-8,14,20H,9-11H2,1H3,(H2,28,32)(H,30,34)(H,31,33);1-6H;1-2H/t14-,20-;;/m1../s1. The molecule has 3 aromatic rings. The third-order valence-corrected chi connectivity index (χ3v) is 5.94. The molecule has 220 valence electrons.